The number of nitrogens with two attached hydrogens (primary N) is 1. The molecular formula is C19H17FN4O5. The van der Waals surface area contributed by atoms with E-state index in [1.54, 1.807) is 12.1 Å². The molecule has 0 aliphatic rings. The van der Waals surface area contributed by atoms with Crippen LogP contribution < -0.4 is 10.6 Å². The summed E-state index contributed by atoms with van der Waals surface area (Å²) < 4.78 is 18.2. The third-order valence-corrected chi connectivity index (χ3v) is 4.21. The maximum Gasteiger partial charge on any atom is 0.337 e. The number of amides is 1. The van der Waals surface area contributed by atoms with Gasteiger partial charge in [0.2, 0.25) is 17.6 Å². The van der Waals surface area contributed by atoms with Crippen LogP contribution in [0.1, 0.15) is 16.2 Å². The number of aromatic carboxylic acids is 1. The Morgan fingerprint density at radius 1 is 1.28 bits per heavy atom. The summed E-state index contributed by atoms with van der Waals surface area (Å²) >= 11 is 0. The number of hydrogen-bond donors (Lipinski definition) is 3. The first-order valence-corrected chi connectivity index (χ1v) is 8.45. The molecule has 1 amide bonds. The third kappa shape index (κ3) is 4.22. The molecule has 0 radical (unpaired) electrons. The number of halogens is 1. The number of carboxylic acid groups (broad SMARTS) is 1. The highest BCUT2D eigenvalue weighted by Gasteiger charge is 2.25. The number of carboxylic acids is 1. The zero-order valence-electron chi connectivity index (χ0n) is 15.2. The molecule has 4 N–H and O–H groups in total. The van der Waals surface area contributed by atoms with Gasteiger partial charge in [-0.15, -0.1) is 0 Å². The Morgan fingerprint density at radius 2 is 2.00 bits per heavy atom. The first kappa shape index (κ1) is 20.0. The van der Waals surface area contributed by atoms with Crippen LogP contribution in [0.2, 0.25) is 0 Å². The number of phenols is 1. The minimum Gasteiger partial charge on any atom is -0.505 e. The van der Waals surface area contributed by atoms with Crippen molar-refractivity contribution >= 4 is 17.6 Å². The number of benzene rings is 2. The lowest BCUT2D eigenvalue weighted by atomic mass is 10.1. The van der Waals surface area contributed by atoms with Crippen molar-refractivity contribution in [2.75, 3.05) is 11.9 Å². The highest BCUT2D eigenvalue weighted by molar-refractivity contribution is 6.03. The van der Waals surface area contributed by atoms with Crippen molar-refractivity contribution in [1.29, 1.82) is 0 Å². The number of likely N-dealkylation sites (N-methyl/N-ethyl adjacent to an activating group) is 1. The molecule has 10 heteroatoms. The summed E-state index contributed by atoms with van der Waals surface area (Å²) in [7, 11) is 1.42. The average Bonchev–Trinajstić information content (AvgIpc) is 3.17. The van der Waals surface area contributed by atoms with Gasteiger partial charge >= 0.3 is 5.97 Å². The first-order valence-electron chi connectivity index (χ1n) is 8.45. The number of phenolic OH excluding ortho intramolecular Hbond substituents is 1. The molecule has 0 fully saturated rings. The van der Waals surface area contributed by atoms with Gasteiger partial charge in [-0.05, 0) is 30.3 Å². The Hall–Kier alpha value is -3.79. The largest absolute Gasteiger partial charge is 0.505 e. The Bertz CT molecular complexity index is 1070. The van der Waals surface area contributed by atoms with Gasteiger partial charge in [0.05, 0.1) is 23.7 Å². The standard InChI is InChI=1S/C19H17FN4O5/c1-24(14-5-3-2-4-11(14)19(27)28)18(26)13(21)9-16-22-17(23-29-16)10-6-7-12(20)15(25)8-10/h2-8,13,25H,9,21H2,1H3,(H,27,28). The summed E-state index contributed by atoms with van der Waals surface area (Å²) in [4.78, 5) is 29.2. The van der Waals surface area contributed by atoms with E-state index >= 15 is 0 Å². The predicted octanol–water partition coefficient (Wildman–Crippen LogP) is 1.81. The molecule has 3 rings (SSSR count). The molecule has 1 heterocycles. The van der Waals surface area contributed by atoms with Crippen molar-refractivity contribution in [3.8, 4) is 17.1 Å². The van der Waals surface area contributed by atoms with Gasteiger partial charge in [0.1, 0.15) is 0 Å². The van der Waals surface area contributed by atoms with E-state index < -0.39 is 29.5 Å². The highest BCUT2D eigenvalue weighted by Crippen LogP contribution is 2.24. The first-order chi connectivity index (χ1) is 13.8. The van der Waals surface area contributed by atoms with E-state index in [2.05, 4.69) is 10.1 Å². The highest BCUT2D eigenvalue weighted by atomic mass is 19.1. The van der Waals surface area contributed by atoms with E-state index in [1.807, 2.05) is 0 Å². The second-order valence-corrected chi connectivity index (χ2v) is 6.21. The van der Waals surface area contributed by atoms with Gasteiger partial charge in [-0.3, -0.25) is 4.79 Å². The molecule has 1 unspecified atom stereocenters. The molecule has 150 valence electrons. The van der Waals surface area contributed by atoms with Crippen molar-refractivity contribution in [2.24, 2.45) is 5.73 Å². The van der Waals surface area contributed by atoms with Crippen molar-refractivity contribution in [1.82, 2.24) is 10.1 Å². The lowest BCUT2D eigenvalue weighted by Crippen LogP contribution is -2.43. The molecule has 0 aliphatic carbocycles. The number of anilines is 1. The maximum atomic E-state index is 13.2. The lowest BCUT2D eigenvalue weighted by molar-refractivity contribution is -0.119. The van der Waals surface area contributed by atoms with Crippen molar-refractivity contribution in [3.63, 3.8) is 0 Å². The Kier molecular flexibility index (Phi) is 5.55. The number of rotatable bonds is 6. The smallest absolute Gasteiger partial charge is 0.337 e. The molecule has 1 aromatic heterocycles. The van der Waals surface area contributed by atoms with Gasteiger partial charge in [0.25, 0.3) is 0 Å². The van der Waals surface area contributed by atoms with Crippen LogP contribution in [0.3, 0.4) is 0 Å². The van der Waals surface area contributed by atoms with Crippen LogP contribution in [0.25, 0.3) is 11.4 Å². The van der Waals surface area contributed by atoms with Crippen LogP contribution in [-0.4, -0.2) is 45.3 Å². The second-order valence-electron chi connectivity index (χ2n) is 6.21. The molecule has 29 heavy (non-hydrogen) atoms. The minimum atomic E-state index is -1.17. The zero-order chi connectivity index (χ0) is 21.1. The lowest BCUT2D eigenvalue weighted by Gasteiger charge is -2.22. The third-order valence-electron chi connectivity index (χ3n) is 4.21. The van der Waals surface area contributed by atoms with Gasteiger partial charge in [-0.25, -0.2) is 9.18 Å². The van der Waals surface area contributed by atoms with E-state index in [0.717, 1.165) is 17.0 Å². The monoisotopic (exact) mass is 400 g/mol. The summed E-state index contributed by atoms with van der Waals surface area (Å²) in [6.45, 7) is 0. The molecule has 0 aliphatic heterocycles. The molecule has 3 aromatic rings. The van der Waals surface area contributed by atoms with Crippen molar-refractivity contribution < 1.29 is 28.7 Å². The summed E-state index contributed by atoms with van der Waals surface area (Å²) in [5, 5.41) is 22.5. The summed E-state index contributed by atoms with van der Waals surface area (Å²) in [5.74, 6) is -2.89. The van der Waals surface area contributed by atoms with E-state index in [4.69, 9.17) is 10.3 Å². The molecule has 0 saturated carbocycles. The molecule has 9 nitrogen and oxygen atoms in total. The molecule has 0 bridgehead atoms. The van der Waals surface area contributed by atoms with E-state index in [-0.39, 0.29) is 29.4 Å². The van der Waals surface area contributed by atoms with Gasteiger partial charge in [-0.2, -0.15) is 4.98 Å². The number of carbonyl (C=O) groups is 2. The fraction of sp³-hybridized carbons (Fsp3) is 0.158. The molecule has 0 saturated heterocycles. The zero-order valence-corrected chi connectivity index (χ0v) is 15.2. The molecule has 2 aromatic carbocycles. The fourth-order valence-corrected chi connectivity index (χ4v) is 2.70. The quantitative estimate of drug-likeness (QED) is 0.568. The molecular weight excluding hydrogens is 383 g/mol. The topological polar surface area (TPSA) is 143 Å². The maximum absolute atomic E-state index is 13.2. The number of nitrogens with zero attached hydrogens (tertiary/aromatic N) is 3. The minimum absolute atomic E-state index is 0.0354. The van der Waals surface area contributed by atoms with Gasteiger partial charge in [0, 0.05) is 12.6 Å². The van der Waals surface area contributed by atoms with E-state index in [1.165, 1.54) is 25.2 Å². The fourth-order valence-electron chi connectivity index (χ4n) is 2.70. The molecule has 1 atom stereocenters. The number of para-hydroxylation sites is 1. The Balaban J connectivity index is 1.74. The van der Waals surface area contributed by atoms with Crippen LogP contribution in [0.4, 0.5) is 10.1 Å². The van der Waals surface area contributed by atoms with Crippen LogP contribution in [-0.2, 0) is 11.2 Å². The SMILES string of the molecule is CN(C(=O)C(N)Cc1nc(-c2ccc(F)c(O)c2)no1)c1ccccc1C(=O)O. The number of hydrogen-bond acceptors (Lipinski definition) is 7. The summed E-state index contributed by atoms with van der Waals surface area (Å²) in [6, 6.07) is 8.55. The predicted molar refractivity (Wildman–Crippen MR) is 99.8 cm³/mol. The number of carbonyl (C=O) groups excluding carboxylic acids is 1. The Labute approximate surface area is 164 Å². The van der Waals surface area contributed by atoms with Crippen LogP contribution in [0.5, 0.6) is 5.75 Å². The van der Waals surface area contributed by atoms with Gasteiger partial charge in [0.15, 0.2) is 11.6 Å². The van der Waals surface area contributed by atoms with Crippen molar-refractivity contribution in [3.05, 3.63) is 59.7 Å². The summed E-state index contributed by atoms with van der Waals surface area (Å²) in [6.07, 6.45) is -0.0986. The summed E-state index contributed by atoms with van der Waals surface area (Å²) in [5.41, 5.74) is 6.44. The van der Waals surface area contributed by atoms with Crippen LogP contribution in [0.15, 0.2) is 47.0 Å². The second kappa shape index (κ2) is 8.07. The Morgan fingerprint density at radius 3 is 2.69 bits per heavy atom. The number of aromatic nitrogens is 2. The van der Waals surface area contributed by atoms with E-state index in [9.17, 15) is 24.2 Å². The van der Waals surface area contributed by atoms with Crippen molar-refractivity contribution in [2.45, 2.75) is 12.5 Å². The van der Waals surface area contributed by atoms with E-state index in [0.29, 0.717) is 5.56 Å². The van der Waals surface area contributed by atoms with Crippen LogP contribution in [0, 0.1) is 5.82 Å². The van der Waals surface area contributed by atoms with Gasteiger partial charge < -0.3 is 25.4 Å². The molecule has 0 spiro atoms. The van der Waals surface area contributed by atoms with Crippen LogP contribution >= 0.6 is 0 Å². The average molecular weight is 400 g/mol. The van der Waals surface area contributed by atoms with Gasteiger partial charge in [-0.1, -0.05) is 17.3 Å². The normalized spacial score (nSPS) is 11.8. The number of aromatic hydroxyl groups is 1.